The molecule has 0 aromatic rings. The van der Waals surface area contributed by atoms with E-state index < -0.39 is 0 Å². The van der Waals surface area contributed by atoms with Crippen LogP contribution in [0.25, 0.3) is 0 Å². The van der Waals surface area contributed by atoms with Gasteiger partial charge in [0, 0.05) is 6.54 Å². The molecule has 0 aromatic heterocycles. The SMILES string of the molecule is [3H]N1CCCC=C1[O-].[Li+]. The fourth-order valence-corrected chi connectivity index (χ4v) is 0.571. The van der Waals surface area contributed by atoms with Gasteiger partial charge < -0.3 is 10.4 Å². The maximum Gasteiger partial charge on any atom is 1.00 e. The third-order valence-electron chi connectivity index (χ3n) is 0.949. The van der Waals surface area contributed by atoms with Crippen LogP contribution in [0.2, 0.25) is 1.41 Å². The number of rotatable bonds is 0. The van der Waals surface area contributed by atoms with Gasteiger partial charge in [0.1, 0.15) is 0 Å². The smallest absolute Gasteiger partial charge is 0.861 e. The van der Waals surface area contributed by atoms with Crippen LogP contribution in [0, 0.1) is 0 Å². The van der Waals surface area contributed by atoms with E-state index >= 15 is 0 Å². The van der Waals surface area contributed by atoms with Gasteiger partial charge in [-0.1, -0.05) is 6.08 Å². The monoisotopic (exact) mass is 107 g/mol. The van der Waals surface area contributed by atoms with Crippen LogP contribution >= 0.6 is 0 Å². The van der Waals surface area contributed by atoms with Gasteiger partial charge in [-0.3, -0.25) is 0 Å². The molecule has 0 unspecified atom stereocenters. The van der Waals surface area contributed by atoms with E-state index in [1.54, 1.807) is 6.08 Å². The van der Waals surface area contributed by atoms with Crippen LogP contribution in [-0.2, 0) is 0 Å². The number of allylic oxidation sites excluding steroid dienone is 1. The second-order valence-corrected chi connectivity index (χ2v) is 1.57. The van der Waals surface area contributed by atoms with Crippen molar-refractivity contribution in [2.24, 2.45) is 0 Å². The summed E-state index contributed by atoms with van der Waals surface area (Å²) in [4.78, 5) is 0. The van der Waals surface area contributed by atoms with Crippen LogP contribution in [0.5, 0.6) is 0 Å². The topological polar surface area (TPSA) is 35.1 Å². The van der Waals surface area contributed by atoms with E-state index in [4.69, 9.17) is 1.41 Å². The zero-order chi connectivity index (χ0) is 5.98. The molecule has 0 saturated carbocycles. The van der Waals surface area contributed by atoms with Crippen molar-refractivity contribution in [3.8, 4) is 0 Å². The van der Waals surface area contributed by atoms with Gasteiger partial charge in [0.15, 0.2) is 1.41 Å². The standard InChI is InChI=1S/C5H9NO.Li/c7-5-3-1-2-4-6-5;/h3,6-7H,1-2,4H2;/q;+1/p-1/i/hT. The summed E-state index contributed by atoms with van der Waals surface area (Å²) in [5, 5.41) is 11.5. The first-order valence-electron chi connectivity index (χ1n) is 2.89. The van der Waals surface area contributed by atoms with Crippen LogP contribution in [0.3, 0.4) is 0 Å². The molecule has 8 heavy (non-hydrogen) atoms. The normalized spacial score (nSPS) is 20.8. The first kappa shape index (κ1) is 6.06. The molecule has 0 amide bonds. The predicted octanol–water partition coefficient (Wildman–Crippen LogP) is -3.42. The molecular formula is C5H8LiNO. The molecule has 0 bridgehead atoms. The Morgan fingerprint density at radius 2 is 2.62 bits per heavy atom. The van der Waals surface area contributed by atoms with Crippen LogP contribution < -0.4 is 29.3 Å². The van der Waals surface area contributed by atoms with Crippen molar-refractivity contribution < 1.29 is 25.4 Å². The largest absolute Gasteiger partial charge is 1.00 e. The average Bonchev–Trinajstić information content (AvgIpc) is 1.77. The van der Waals surface area contributed by atoms with Crippen LogP contribution in [0.1, 0.15) is 12.8 Å². The molecule has 0 spiro atoms. The Hall–Kier alpha value is -0.0626. The minimum Gasteiger partial charge on any atom is -0.861 e. The Labute approximate surface area is 62.6 Å². The summed E-state index contributed by atoms with van der Waals surface area (Å²) in [6.07, 6.45) is 3.33. The molecule has 40 valence electrons. The van der Waals surface area contributed by atoms with Crippen molar-refractivity contribution in [1.29, 1.82) is 0 Å². The van der Waals surface area contributed by atoms with Gasteiger partial charge in [0.2, 0.25) is 0 Å². The molecule has 1 rings (SSSR count). The first-order valence-corrected chi connectivity index (χ1v) is 2.44. The number of nitrogens with one attached hydrogen (secondary N) is 1. The molecule has 3 heteroatoms. The maximum absolute atomic E-state index is 10.5. The zero-order valence-electron chi connectivity index (χ0n) is 6.05. The Kier molecular flexibility index (Phi) is 2.94. The molecule has 1 N–H and O–H groups in total. The first-order chi connectivity index (χ1) is 3.80. The summed E-state index contributed by atoms with van der Waals surface area (Å²) in [5.41, 5.74) is 0. The Morgan fingerprint density at radius 1 is 1.88 bits per heavy atom. The van der Waals surface area contributed by atoms with Gasteiger partial charge in [-0.15, -0.1) is 0 Å². The van der Waals surface area contributed by atoms with E-state index in [2.05, 4.69) is 0 Å². The summed E-state index contributed by atoms with van der Waals surface area (Å²) >= 11 is 0. The molecule has 0 fully saturated rings. The number of hydrogen-bond acceptors (Lipinski definition) is 2. The molecule has 0 saturated heterocycles. The van der Waals surface area contributed by atoms with E-state index in [9.17, 15) is 5.11 Å². The quantitative estimate of drug-likeness (QED) is 0.327. The number of hydrogen-bond donors (Lipinski definition) is 1. The van der Waals surface area contributed by atoms with E-state index in [1.165, 1.54) is 0 Å². The summed E-state index contributed by atoms with van der Waals surface area (Å²) < 4.78 is 6.93. The zero-order valence-corrected chi connectivity index (χ0v) is 5.05. The minimum absolute atomic E-state index is 0. The van der Waals surface area contributed by atoms with Gasteiger partial charge in [-0.2, -0.15) is 0 Å². The fourth-order valence-electron chi connectivity index (χ4n) is 0.571. The Bertz CT molecular complexity index is 118. The van der Waals surface area contributed by atoms with E-state index in [1.807, 2.05) is 0 Å². The third kappa shape index (κ3) is 2.30. The fraction of sp³-hybridized carbons (Fsp3) is 0.600. The Balaban J connectivity index is 0.000000640. The van der Waals surface area contributed by atoms with Crippen molar-refractivity contribution in [3.05, 3.63) is 12.0 Å². The van der Waals surface area contributed by atoms with E-state index in [0.717, 1.165) is 18.2 Å². The van der Waals surface area contributed by atoms with Crippen molar-refractivity contribution in [2.45, 2.75) is 12.8 Å². The summed E-state index contributed by atoms with van der Waals surface area (Å²) in [7, 11) is 0. The van der Waals surface area contributed by atoms with Gasteiger partial charge in [0.05, 0.1) is 0 Å². The third-order valence-corrected chi connectivity index (χ3v) is 0.949. The predicted molar refractivity (Wildman–Crippen MR) is 25.3 cm³/mol. The molecule has 1 aliphatic rings. The summed E-state index contributed by atoms with van der Waals surface area (Å²) in [5.74, 6) is -0.156. The van der Waals surface area contributed by atoms with Crippen LogP contribution in [0.4, 0.5) is 0 Å². The van der Waals surface area contributed by atoms with Crippen molar-refractivity contribution in [2.75, 3.05) is 6.54 Å². The van der Waals surface area contributed by atoms with Gasteiger partial charge in [-0.05, 0) is 18.7 Å². The molecule has 1 heterocycles. The van der Waals surface area contributed by atoms with Crippen LogP contribution in [-0.4, -0.2) is 6.54 Å². The van der Waals surface area contributed by atoms with Crippen molar-refractivity contribution in [1.82, 2.24) is 5.31 Å². The van der Waals surface area contributed by atoms with E-state index in [-0.39, 0.29) is 24.7 Å². The second kappa shape index (κ2) is 3.88. The summed E-state index contributed by atoms with van der Waals surface area (Å²) in [6, 6.07) is 0. The second-order valence-electron chi connectivity index (χ2n) is 1.57. The molecule has 0 aromatic carbocycles. The molecule has 0 atom stereocenters. The molecular weight excluding hydrogens is 97.0 g/mol. The van der Waals surface area contributed by atoms with Gasteiger partial charge in [-0.25, -0.2) is 0 Å². The molecule has 1 aliphatic heterocycles. The van der Waals surface area contributed by atoms with Crippen LogP contribution in [0.15, 0.2) is 12.0 Å². The maximum atomic E-state index is 10.5. The molecule has 0 radical (unpaired) electrons. The average molecular weight is 107 g/mol. The molecule has 0 aliphatic carbocycles. The molecule has 2 nitrogen and oxygen atoms in total. The van der Waals surface area contributed by atoms with Gasteiger partial charge >= 0.3 is 18.9 Å². The minimum atomic E-state index is -0.156. The van der Waals surface area contributed by atoms with E-state index in [0.29, 0.717) is 6.54 Å². The summed E-state index contributed by atoms with van der Waals surface area (Å²) in [6.45, 7) is 0.593. The van der Waals surface area contributed by atoms with Gasteiger partial charge in [0.25, 0.3) is 0 Å². The van der Waals surface area contributed by atoms with Crippen molar-refractivity contribution >= 4 is 0 Å². The van der Waals surface area contributed by atoms with Crippen molar-refractivity contribution in [3.63, 3.8) is 0 Å². The Morgan fingerprint density at radius 3 is 3.00 bits per heavy atom.